The number of nitrogens with two attached hydrogens (primary N) is 1. The molecule has 1 aromatic carbocycles. The van der Waals surface area contributed by atoms with Crippen molar-refractivity contribution in [1.29, 1.82) is 0 Å². The standard InChI is InChI=1S/C18H27N3O2S/c1-17(2,3)12-9-11(10-13(15(12)22)18(4,5)6)24-8-7-14-20-21-16(19)23-14/h9-10,22H,7-8H2,1-6H3,(H2,19,21). The van der Waals surface area contributed by atoms with E-state index < -0.39 is 0 Å². The zero-order valence-electron chi connectivity index (χ0n) is 15.3. The van der Waals surface area contributed by atoms with Gasteiger partial charge in [-0.2, -0.15) is 0 Å². The van der Waals surface area contributed by atoms with E-state index in [1.807, 2.05) is 0 Å². The Labute approximate surface area is 148 Å². The van der Waals surface area contributed by atoms with Crippen molar-refractivity contribution in [3.05, 3.63) is 29.2 Å². The molecule has 2 rings (SSSR count). The Kier molecular flexibility index (Phi) is 5.18. The van der Waals surface area contributed by atoms with Crippen LogP contribution in [0, 0.1) is 0 Å². The predicted octanol–water partition coefficient (Wildman–Crippen LogP) is 4.29. The van der Waals surface area contributed by atoms with Crippen LogP contribution in [-0.4, -0.2) is 21.1 Å². The molecule has 0 bridgehead atoms. The fraction of sp³-hybridized carbons (Fsp3) is 0.556. The summed E-state index contributed by atoms with van der Waals surface area (Å²) in [5.74, 6) is 1.76. The number of hydrogen-bond donors (Lipinski definition) is 2. The Morgan fingerprint density at radius 2 is 1.58 bits per heavy atom. The molecule has 0 saturated heterocycles. The molecule has 132 valence electrons. The molecule has 0 spiro atoms. The number of thioether (sulfide) groups is 1. The van der Waals surface area contributed by atoms with Gasteiger partial charge in [0.1, 0.15) is 5.75 Å². The lowest BCUT2D eigenvalue weighted by Gasteiger charge is -2.28. The number of nitrogens with zero attached hydrogens (tertiary/aromatic N) is 2. The third kappa shape index (κ3) is 4.44. The van der Waals surface area contributed by atoms with E-state index in [2.05, 4.69) is 63.9 Å². The second-order valence-electron chi connectivity index (χ2n) is 8.00. The summed E-state index contributed by atoms with van der Waals surface area (Å²) in [5.41, 5.74) is 7.14. The van der Waals surface area contributed by atoms with Crippen molar-refractivity contribution in [3.63, 3.8) is 0 Å². The zero-order chi connectivity index (χ0) is 18.1. The summed E-state index contributed by atoms with van der Waals surface area (Å²) >= 11 is 1.71. The van der Waals surface area contributed by atoms with Crippen LogP contribution in [0.25, 0.3) is 0 Å². The lowest BCUT2D eigenvalue weighted by Crippen LogP contribution is -2.17. The molecule has 0 saturated carbocycles. The van der Waals surface area contributed by atoms with Crippen LogP contribution < -0.4 is 5.73 Å². The van der Waals surface area contributed by atoms with Crippen molar-refractivity contribution in [2.75, 3.05) is 11.5 Å². The molecule has 3 N–H and O–H groups in total. The van der Waals surface area contributed by atoms with E-state index in [0.29, 0.717) is 18.1 Å². The van der Waals surface area contributed by atoms with Crippen LogP contribution in [0.2, 0.25) is 0 Å². The second kappa shape index (κ2) is 6.67. The van der Waals surface area contributed by atoms with E-state index in [1.165, 1.54) is 0 Å². The molecule has 24 heavy (non-hydrogen) atoms. The number of hydrogen-bond acceptors (Lipinski definition) is 6. The molecule has 0 fully saturated rings. The lowest BCUT2D eigenvalue weighted by molar-refractivity contribution is 0.422. The summed E-state index contributed by atoms with van der Waals surface area (Å²) < 4.78 is 5.20. The van der Waals surface area contributed by atoms with Gasteiger partial charge in [-0.3, -0.25) is 0 Å². The van der Waals surface area contributed by atoms with Gasteiger partial charge < -0.3 is 15.3 Å². The van der Waals surface area contributed by atoms with E-state index in [9.17, 15) is 5.11 Å². The molecular weight excluding hydrogens is 322 g/mol. The Bertz CT molecular complexity index is 677. The van der Waals surface area contributed by atoms with Crippen molar-refractivity contribution < 1.29 is 9.52 Å². The summed E-state index contributed by atoms with van der Waals surface area (Å²) in [6, 6.07) is 4.26. The lowest BCUT2D eigenvalue weighted by atomic mass is 9.79. The number of aromatic hydroxyl groups is 1. The number of aryl methyl sites for hydroxylation is 1. The molecule has 0 aliphatic heterocycles. The Balaban J connectivity index is 2.25. The molecule has 1 aromatic heterocycles. The molecule has 0 amide bonds. The van der Waals surface area contributed by atoms with E-state index >= 15 is 0 Å². The number of anilines is 1. The van der Waals surface area contributed by atoms with Crippen molar-refractivity contribution in [1.82, 2.24) is 10.2 Å². The van der Waals surface area contributed by atoms with Gasteiger partial charge >= 0.3 is 6.01 Å². The highest BCUT2D eigenvalue weighted by atomic mass is 32.2. The minimum Gasteiger partial charge on any atom is -0.507 e. The van der Waals surface area contributed by atoms with Gasteiger partial charge in [0.05, 0.1) is 0 Å². The number of nitrogen functional groups attached to an aromatic ring is 1. The molecule has 5 nitrogen and oxygen atoms in total. The average molecular weight is 350 g/mol. The minimum absolute atomic E-state index is 0.102. The van der Waals surface area contributed by atoms with Crippen LogP contribution in [0.4, 0.5) is 6.01 Å². The van der Waals surface area contributed by atoms with Gasteiger partial charge in [0.25, 0.3) is 0 Å². The Morgan fingerprint density at radius 1 is 1.04 bits per heavy atom. The summed E-state index contributed by atoms with van der Waals surface area (Å²) in [6.07, 6.45) is 0.658. The van der Waals surface area contributed by atoms with Crippen LogP contribution in [0.3, 0.4) is 0 Å². The maximum absolute atomic E-state index is 10.7. The van der Waals surface area contributed by atoms with E-state index in [4.69, 9.17) is 10.2 Å². The Morgan fingerprint density at radius 3 is 2.00 bits per heavy atom. The van der Waals surface area contributed by atoms with Crippen LogP contribution in [-0.2, 0) is 17.3 Å². The molecule has 0 unspecified atom stereocenters. The first kappa shape index (κ1) is 18.6. The van der Waals surface area contributed by atoms with Gasteiger partial charge in [0.15, 0.2) is 0 Å². The monoisotopic (exact) mass is 349 g/mol. The average Bonchev–Trinajstić information content (AvgIpc) is 2.83. The first-order chi connectivity index (χ1) is 11.0. The quantitative estimate of drug-likeness (QED) is 0.801. The molecule has 0 atom stereocenters. The van der Waals surface area contributed by atoms with Crippen molar-refractivity contribution >= 4 is 17.8 Å². The van der Waals surface area contributed by atoms with Gasteiger partial charge in [-0.05, 0) is 23.0 Å². The third-order valence-electron chi connectivity index (χ3n) is 3.77. The predicted molar refractivity (Wildman–Crippen MR) is 98.6 cm³/mol. The van der Waals surface area contributed by atoms with Crippen molar-refractivity contribution in [2.24, 2.45) is 0 Å². The summed E-state index contributed by atoms with van der Waals surface area (Å²) in [5, 5.41) is 18.3. The number of aromatic nitrogens is 2. The number of benzene rings is 1. The van der Waals surface area contributed by atoms with E-state index in [-0.39, 0.29) is 16.8 Å². The molecule has 6 heteroatoms. The third-order valence-corrected chi connectivity index (χ3v) is 4.74. The molecule has 0 radical (unpaired) electrons. The number of phenolic OH excluding ortho intramolecular Hbond substituents is 1. The largest absolute Gasteiger partial charge is 0.507 e. The normalized spacial score (nSPS) is 12.6. The minimum atomic E-state index is -0.123. The fourth-order valence-electron chi connectivity index (χ4n) is 2.46. The van der Waals surface area contributed by atoms with Crippen LogP contribution in [0.15, 0.2) is 21.4 Å². The first-order valence-electron chi connectivity index (χ1n) is 8.07. The molecule has 0 aliphatic carbocycles. The summed E-state index contributed by atoms with van der Waals surface area (Å²) in [4.78, 5) is 1.13. The van der Waals surface area contributed by atoms with Gasteiger partial charge in [0.2, 0.25) is 5.89 Å². The highest BCUT2D eigenvalue weighted by molar-refractivity contribution is 7.99. The van der Waals surface area contributed by atoms with Gasteiger partial charge in [0, 0.05) is 28.2 Å². The number of phenols is 1. The summed E-state index contributed by atoms with van der Waals surface area (Å²) in [6.45, 7) is 12.7. The zero-order valence-corrected chi connectivity index (χ0v) is 16.1. The highest BCUT2D eigenvalue weighted by Crippen LogP contribution is 2.41. The van der Waals surface area contributed by atoms with Gasteiger partial charge in [-0.25, -0.2) is 0 Å². The van der Waals surface area contributed by atoms with E-state index in [1.54, 1.807) is 11.8 Å². The molecular formula is C18H27N3O2S. The molecule has 2 aromatic rings. The molecule has 1 heterocycles. The van der Waals surface area contributed by atoms with E-state index in [0.717, 1.165) is 21.8 Å². The number of rotatable bonds is 4. The topological polar surface area (TPSA) is 85.2 Å². The smallest absolute Gasteiger partial charge is 0.312 e. The second-order valence-corrected chi connectivity index (χ2v) is 9.17. The van der Waals surface area contributed by atoms with Crippen molar-refractivity contribution in [2.45, 2.75) is 63.7 Å². The fourth-order valence-corrected chi connectivity index (χ4v) is 3.37. The van der Waals surface area contributed by atoms with Gasteiger partial charge in [-0.1, -0.05) is 46.6 Å². The van der Waals surface area contributed by atoms with Crippen LogP contribution >= 0.6 is 11.8 Å². The van der Waals surface area contributed by atoms with Gasteiger partial charge in [-0.15, -0.1) is 16.9 Å². The van der Waals surface area contributed by atoms with Crippen LogP contribution in [0.5, 0.6) is 5.75 Å². The Hall–Kier alpha value is -1.69. The van der Waals surface area contributed by atoms with Crippen LogP contribution in [0.1, 0.15) is 58.6 Å². The molecule has 0 aliphatic rings. The first-order valence-corrected chi connectivity index (χ1v) is 9.05. The highest BCUT2D eigenvalue weighted by Gasteiger charge is 2.26. The van der Waals surface area contributed by atoms with Crippen molar-refractivity contribution in [3.8, 4) is 5.75 Å². The summed E-state index contributed by atoms with van der Waals surface area (Å²) in [7, 11) is 0. The SMILES string of the molecule is CC(C)(C)c1cc(SCCc2nnc(N)o2)cc(C(C)(C)C)c1O. The maximum Gasteiger partial charge on any atom is 0.312 e. The maximum atomic E-state index is 10.7.